The Morgan fingerprint density at radius 3 is 2.67 bits per heavy atom. The summed E-state index contributed by atoms with van der Waals surface area (Å²) in [5, 5.41) is 11.7. The largest absolute Gasteiger partial charge is 0.507 e. The first-order valence-corrected chi connectivity index (χ1v) is 7.67. The fourth-order valence-electron chi connectivity index (χ4n) is 3.38. The molecule has 0 saturated carbocycles. The minimum absolute atomic E-state index is 0.0299. The van der Waals surface area contributed by atoms with Gasteiger partial charge in [0, 0.05) is 28.5 Å². The Balaban J connectivity index is 1.93. The molecule has 1 atom stereocenters. The number of carbonyl (C=O) groups excluding carboxylic acids is 3. The molecule has 0 spiro atoms. The number of hydrogen-bond donors (Lipinski definition) is 1. The molecule has 0 saturated heterocycles. The zero-order valence-corrected chi connectivity index (χ0v) is 13.0. The smallest absolute Gasteiger partial charge is 0.196 e. The number of fused-ring (bicyclic) bond motifs is 2. The predicted octanol–water partition coefficient (Wildman–Crippen LogP) is 2.60. The molecule has 5 nitrogen and oxygen atoms in total. The van der Waals surface area contributed by atoms with Gasteiger partial charge in [0.2, 0.25) is 0 Å². The van der Waals surface area contributed by atoms with Gasteiger partial charge in [-0.3, -0.25) is 14.4 Å². The van der Waals surface area contributed by atoms with E-state index in [1.807, 2.05) is 0 Å². The number of carbonyl (C=O) groups is 3. The van der Waals surface area contributed by atoms with E-state index in [-0.39, 0.29) is 47.0 Å². The lowest BCUT2D eigenvalue weighted by atomic mass is 9.79. The first kappa shape index (κ1) is 14.8. The van der Waals surface area contributed by atoms with Crippen LogP contribution >= 0.6 is 0 Å². The minimum Gasteiger partial charge on any atom is -0.507 e. The van der Waals surface area contributed by atoms with Crippen LogP contribution in [0.15, 0.2) is 41.5 Å². The topological polar surface area (TPSA) is 80.7 Å². The van der Waals surface area contributed by atoms with Crippen molar-refractivity contribution in [2.75, 3.05) is 6.61 Å². The molecular formula is C19H14O5. The Morgan fingerprint density at radius 2 is 1.92 bits per heavy atom. The maximum absolute atomic E-state index is 12.9. The van der Waals surface area contributed by atoms with E-state index in [1.54, 1.807) is 30.3 Å². The number of hydrogen-bond acceptors (Lipinski definition) is 5. The van der Waals surface area contributed by atoms with Crippen LogP contribution in [-0.2, 0) is 9.53 Å². The maximum atomic E-state index is 12.9. The first-order valence-electron chi connectivity index (χ1n) is 7.67. The second-order valence-electron chi connectivity index (χ2n) is 6.10. The SMILES string of the molecule is CC(=O)C1CC2=C(CO1)C(=O)c1c(cc3ccccc3c1O)C2=O. The van der Waals surface area contributed by atoms with Crippen molar-refractivity contribution in [1.29, 1.82) is 0 Å². The Morgan fingerprint density at radius 1 is 1.17 bits per heavy atom. The van der Waals surface area contributed by atoms with E-state index in [0.717, 1.165) is 0 Å². The molecule has 0 fully saturated rings. The molecule has 2 aromatic rings. The molecule has 1 aliphatic carbocycles. The third-order valence-electron chi connectivity index (χ3n) is 4.68. The van der Waals surface area contributed by atoms with E-state index >= 15 is 0 Å². The highest BCUT2D eigenvalue weighted by molar-refractivity contribution is 6.30. The zero-order valence-electron chi connectivity index (χ0n) is 13.0. The van der Waals surface area contributed by atoms with E-state index in [2.05, 4.69) is 0 Å². The zero-order chi connectivity index (χ0) is 17.0. The fourth-order valence-corrected chi connectivity index (χ4v) is 3.38. The highest BCUT2D eigenvalue weighted by Crippen LogP contribution is 2.40. The van der Waals surface area contributed by atoms with Gasteiger partial charge in [-0.25, -0.2) is 0 Å². The second kappa shape index (κ2) is 5.11. The van der Waals surface area contributed by atoms with Crippen molar-refractivity contribution < 1.29 is 24.2 Å². The van der Waals surface area contributed by atoms with Gasteiger partial charge in [-0.1, -0.05) is 24.3 Å². The van der Waals surface area contributed by atoms with Crippen LogP contribution in [0.25, 0.3) is 10.8 Å². The second-order valence-corrected chi connectivity index (χ2v) is 6.10. The summed E-state index contributed by atoms with van der Waals surface area (Å²) in [6.07, 6.45) is -0.599. The summed E-state index contributed by atoms with van der Waals surface area (Å²) in [6.45, 7) is 1.31. The average molecular weight is 322 g/mol. The summed E-state index contributed by atoms with van der Waals surface area (Å²) in [4.78, 5) is 37.2. The van der Waals surface area contributed by atoms with Gasteiger partial charge in [-0.05, 0) is 18.4 Å². The number of aromatic hydroxyl groups is 1. The van der Waals surface area contributed by atoms with E-state index in [0.29, 0.717) is 16.3 Å². The first-order chi connectivity index (χ1) is 11.5. The summed E-state index contributed by atoms with van der Waals surface area (Å²) in [5.74, 6) is -1.06. The van der Waals surface area contributed by atoms with Gasteiger partial charge in [-0.15, -0.1) is 0 Å². The molecule has 1 aliphatic heterocycles. The molecule has 0 amide bonds. The van der Waals surface area contributed by atoms with Crippen LogP contribution in [0.3, 0.4) is 0 Å². The molecular weight excluding hydrogens is 308 g/mol. The van der Waals surface area contributed by atoms with Gasteiger partial charge >= 0.3 is 0 Å². The summed E-state index contributed by atoms with van der Waals surface area (Å²) in [5.41, 5.74) is 0.797. The molecule has 2 aromatic carbocycles. The number of phenols is 1. The van der Waals surface area contributed by atoms with Crippen molar-refractivity contribution in [2.24, 2.45) is 0 Å². The van der Waals surface area contributed by atoms with Gasteiger partial charge in [0.25, 0.3) is 0 Å². The van der Waals surface area contributed by atoms with E-state index in [9.17, 15) is 19.5 Å². The van der Waals surface area contributed by atoms with Gasteiger partial charge in [-0.2, -0.15) is 0 Å². The summed E-state index contributed by atoms with van der Waals surface area (Å²) in [6, 6.07) is 8.67. The number of ketones is 3. The van der Waals surface area contributed by atoms with Gasteiger partial charge in [0.05, 0.1) is 12.2 Å². The molecule has 0 aromatic heterocycles. The number of rotatable bonds is 1. The van der Waals surface area contributed by atoms with Crippen molar-refractivity contribution in [2.45, 2.75) is 19.4 Å². The lowest BCUT2D eigenvalue weighted by Gasteiger charge is -2.29. The van der Waals surface area contributed by atoms with Crippen LogP contribution in [0.1, 0.15) is 34.1 Å². The fraction of sp³-hybridized carbons (Fsp3) is 0.211. The van der Waals surface area contributed by atoms with Crippen molar-refractivity contribution >= 4 is 28.1 Å². The Kier molecular flexibility index (Phi) is 3.15. The Labute approximate surface area is 137 Å². The molecule has 0 bridgehead atoms. The molecule has 1 unspecified atom stereocenters. The highest BCUT2D eigenvalue weighted by atomic mass is 16.5. The molecule has 0 radical (unpaired) electrons. The lowest BCUT2D eigenvalue weighted by molar-refractivity contribution is -0.128. The number of benzene rings is 2. The monoisotopic (exact) mass is 322 g/mol. The van der Waals surface area contributed by atoms with Crippen LogP contribution < -0.4 is 0 Å². The number of ether oxygens (including phenoxy) is 1. The molecule has 1 N–H and O–H groups in total. The minimum atomic E-state index is -0.698. The van der Waals surface area contributed by atoms with E-state index in [4.69, 9.17) is 4.74 Å². The highest BCUT2D eigenvalue weighted by Gasteiger charge is 2.39. The standard InChI is InChI=1S/C19H14O5/c1-9(20)15-7-12-14(8-24-15)19(23)16-13(17(12)21)6-10-4-2-3-5-11(10)18(16)22/h2-6,15,22H,7-8H2,1H3. The normalized spacial score (nSPS) is 20.1. The van der Waals surface area contributed by atoms with E-state index < -0.39 is 11.9 Å². The number of phenolic OH excluding ortho intramolecular Hbond substituents is 1. The van der Waals surface area contributed by atoms with Crippen LogP contribution in [-0.4, -0.2) is 35.2 Å². The number of Topliss-reactive ketones (excluding diaryl/α,β-unsaturated/α-hetero) is 3. The average Bonchev–Trinajstić information content (AvgIpc) is 2.59. The molecule has 2 aliphatic rings. The molecule has 1 heterocycles. The van der Waals surface area contributed by atoms with Crippen LogP contribution in [0.5, 0.6) is 5.75 Å². The van der Waals surface area contributed by atoms with Crippen molar-refractivity contribution in [3.63, 3.8) is 0 Å². The van der Waals surface area contributed by atoms with Crippen LogP contribution in [0.4, 0.5) is 0 Å². The molecule has 24 heavy (non-hydrogen) atoms. The maximum Gasteiger partial charge on any atom is 0.196 e. The molecule has 120 valence electrons. The van der Waals surface area contributed by atoms with Crippen molar-refractivity contribution in [3.8, 4) is 5.75 Å². The van der Waals surface area contributed by atoms with Crippen molar-refractivity contribution in [1.82, 2.24) is 0 Å². The molecule has 4 rings (SSSR count). The van der Waals surface area contributed by atoms with Crippen LogP contribution in [0.2, 0.25) is 0 Å². The van der Waals surface area contributed by atoms with Crippen LogP contribution in [0, 0.1) is 0 Å². The summed E-state index contributed by atoms with van der Waals surface area (Å²) < 4.78 is 5.41. The third-order valence-corrected chi connectivity index (χ3v) is 4.68. The summed E-state index contributed by atoms with van der Waals surface area (Å²) in [7, 11) is 0. The summed E-state index contributed by atoms with van der Waals surface area (Å²) >= 11 is 0. The van der Waals surface area contributed by atoms with E-state index in [1.165, 1.54) is 6.92 Å². The third kappa shape index (κ3) is 1.95. The Bertz CT molecular complexity index is 967. The quantitative estimate of drug-likeness (QED) is 0.873. The lowest BCUT2D eigenvalue weighted by Crippen LogP contribution is -2.35. The molecule has 5 heteroatoms. The van der Waals surface area contributed by atoms with Gasteiger partial charge < -0.3 is 9.84 Å². The predicted molar refractivity (Wildman–Crippen MR) is 86.3 cm³/mol. The van der Waals surface area contributed by atoms with Gasteiger partial charge in [0.1, 0.15) is 11.9 Å². The van der Waals surface area contributed by atoms with Gasteiger partial charge in [0.15, 0.2) is 17.3 Å². The van der Waals surface area contributed by atoms with Crippen molar-refractivity contribution in [3.05, 3.63) is 52.6 Å². The Hall–Kier alpha value is -2.79.